The molecule has 1 fully saturated rings. The van der Waals surface area contributed by atoms with Gasteiger partial charge in [-0.15, -0.1) is 0 Å². The SMILES string of the molecule is Clc1ccc2c(c1)C=CNC21COC1. The molecule has 3 heteroatoms. The Morgan fingerprint density at radius 1 is 1.36 bits per heavy atom. The zero-order chi connectivity index (χ0) is 9.60. The van der Waals surface area contributed by atoms with Gasteiger partial charge in [0.05, 0.1) is 13.2 Å². The summed E-state index contributed by atoms with van der Waals surface area (Å²) >= 11 is 5.95. The largest absolute Gasteiger partial charge is 0.377 e. The minimum atomic E-state index is 0.00860. The predicted molar refractivity (Wildman–Crippen MR) is 56.1 cm³/mol. The molecule has 1 aromatic carbocycles. The Morgan fingerprint density at radius 3 is 2.93 bits per heavy atom. The lowest BCUT2D eigenvalue weighted by atomic mass is 9.83. The average Bonchev–Trinajstić information content (AvgIpc) is 2.13. The Kier molecular flexibility index (Phi) is 1.64. The number of nitrogens with one attached hydrogen (secondary N) is 1. The maximum atomic E-state index is 5.95. The summed E-state index contributed by atoms with van der Waals surface area (Å²) < 4.78 is 5.27. The van der Waals surface area contributed by atoms with Crippen molar-refractivity contribution in [1.82, 2.24) is 5.32 Å². The summed E-state index contributed by atoms with van der Waals surface area (Å²) in [6.45, 7) is 1.48. The first-order valence-electron chi connectivity index (χ1n) is 4.62. The second-order valence-electron chi connectivity index (χ2n) is 3.78. The summed E-state index contributed by atoms with van der Waals surface area (Å²) in [5.41, 5.74) is 2.49. The van der Waals surface area contributed by atoms with Crippen molar-refractivity contribution in [2.45, 2.75) is 5.54 Å². The van der Waals surface area contributed by atoms with Crippen molar-refractivity contribution < 1.29 is 4.74 Å². The second kappa shape index (κ2) is 2.75. The number of ether oxygens (including phenoxy) is 1. The molecule has 0 radical (unpaired) electrons. The van der Waals surface area contributed by atoms with Gasteiger partial charge in [-0.25, -0.2) is 0 Å². The van der Waals surface area contributed by atoms with Gasteiger partial charge < -0.3 is 10.1 Å². The van der Waals surface area contributed by atoms with Crippen molar-refractivity contribution in [2.24, 2.45) is 0 Å². The van der Waals surface area contributed by atoms with Crippen LogP contribution in [0.1, 0.15) is 11.1 Å². The third-order valence-electron chi connectivity index (χ3n) is 2.85. The Morgan fingerprint density at radius 2 is 2.21 bits per heavy atom. The van der Waals surface area contributed by atoms with Crippen LogP contribution in [0.3, 0.4) is 0 Å². The van der Waals surface area contributed by atoms with Gasteiger partial charge in [-0.2, -0.15) is 0 Å². The van der Waals surface area contributed by atoms with E-state index in [9.17, 15) is 0 Å². The molecule has 1 saturated heterocycles. The Bertz CT molecular complexity index is 410. The van der Waals surface area contributed by atoms with Crippen LogP contribution < -0.4 is 5.32 Å². The highest BCUT2D eigenvalue weighted by Crippen LogP contribution is 2.36. The summed E-state index contributed by atoms with van der Waals surface area (Å²) in [7, 11) is 0. The van der Waals surface area contributed by atoms with Crippen LogP contribution in [0.25, 0.3) is 6.08 Å². The second-order valence-corrected chi connectivity index (χ2v) is 4.22. The lowest BCUT2D eigenvalue weighted by molar-refractivity contribution is -0.0724. The van der Waals surface area contributed by atoms with Crippen LogP contribution in [0.15, 0.2) is 24.4 Å². The minimum absolute atomic E-state index is 0.00860. The fraction of sp³-hybridized carbons (Fsp3) is 0.273. The van der Waals surface area contributed by atoms with Gasteiger partial charge in [0.1, 0.15) is 5.54 Å². The van der Waals surface area contributed by atoms with E-state index in [0.717, 1.165) is 18.2 Å². The standard InChI is InChI=1S/C11H10ClNO/c12-9-1-2-10-8(5-9)3-4-13-11(10)6-14-7-11/h1-5,13H,6-7H2. The van der Waals surface area contributed by atoms with Crippen LogP contribution in [0.5, 0.6) is 0 Å². The van der Waals surface area contributed by atoms with Gasteiger partial charge >= 0.3 is 0 Å². The number of hydrogen-bond donors (Lipinski definition) is 1. The van der Waals surface area contributed by atoms with Crippen molar-refractivity contribution in [1.29, 1.82) is 0 Å². The highest BCUT2D eigenvalue weighted by molar-refractivity contribution is 6.30. The smallest absolute Gasteiger partial charge is 0.110 e. The van der Waals surface area contributed by atoms with E-state index in [4.69, 9.17) is 16.3 Å². The first-order valence-corrected chi connectivity index (χ1v) is 5.00. The quantitative estimate of drug-likeness (QED) is 0.704. The molecule has 0 unspecified atom stereocenters. The monoisotopic (exact) mass is 207 g/mol. The zero-order valence-electron chi connectivity index (χ0n) is 7.59. The Balaban J connectivity index is 2.16. The van der Waals surface area contributed by atoms with Crippen LogP contribution in [0.4, 0.5) is 0 Å². The predicted octanol–water partition coefficient (Wildman–Crippen LogP) is 2.14. The van der Waals surface area contributed by atoms with Gasteiger partial charge in [0.15, 0.2) is 0 Å². The molecule has 2 nitrogen and oxygen atoms in total. The van der Waals surface area contributed by atoms with Crippen molar-refractivity contribution in [3.05, 3.63) is 40.5 Å². The van der Waals surface area contributed by atoms with Crippen LogP contribution in [-0.2, 0) is 10.3 Å². The number of fused-ring (bicyclic) bond motifs is 2. The van der Waals surface area contributed by atoms with Gasteiger partial charge in [0, 0.05) is 5.02 Å². The molecular weight excluding hydrogens is 198 g/mol. The molecule has 0 atom stereocenters. The highest BCUT2D eigenvalue weighted by Gasteiger charge is 2.41. The molecule has 1 spiro atoms. The van der Waals surface area contributed by atoms with Gasteiger partial charge in [0.2, 0.25) is 0 Å². The molecule has 72 valence electrons. The third-order valence-corrected chi connectivity index (χ3v) is 3.08. The maximum absolute atomic E-state index is 5.95. The van der Waals surface area contributed by atoms with Crippen molar-refractivity contribution in [3.63, 3.8) is 0 Å². The van der Waals surface area contributed by atoms with E-state index in [1.807, 2.05) is 24.4 Å². The highest BCUT2D eigenvalue weighted by atomic mass is 35.5. The normalized spacial score (nSPS) is 21.2. The third kappa shape index (κ3) is 1.01. The van der Waals surface area contributed by atoms with Gasteiger partial charge in [-0.3, -0.25) is 0 Å². The van der Waals surface area contributed by atoms with E-state index in [1.54, 1.807) is 0 Å². The van der Waals surface area contributed by atoms with Gasteiger partial charge in [-0.1, -0.05) is 17.7 Å². The average molecular weight is 208 g/mol. The summed E-state index contributed by atoms with van der Waals surface area (Å²) in [6, 6.07) is 6.01. The molecule has 2 aliphatic heterocycles. The van der Waals surface area contributed by atoms with Crippen LogP contribution >= 0.6 is 11.6 Å². The molecule has 2 heterocycles. The van der Waals surface area contributed by atoms with Crippen LogP contribution in [0.2, 0.25) is 5.02 Å². The molecule has 0 saturated carbocycles. The number of hydrogen-bond acceptors (Lipinski definition) is 2. The van der Waals surface area contributed by atoms with E-state index in [1.165, 1.54) is 11.1 Å². The fourth-order valence-electron chi connectivity index (χ4n) is 2.02. The Hall–Kier alpha value is -0.990. The molecule has 0 bridgehead atoms. The first-order chi connectivity index (χ1) is 6.80. The number of benzene rings is 1. The summed E-state index contributed by atoms with van der Waals surface area (Å²) in [6.07, 6.45) is 4.02. The lowest BCUT2D eigenvalue weighted by Crippen LogP contribution is -2.56. The van der Waals surface area contributed by atoms with Crippen LogP contribution in [0, 0.1) is 0 Å². The van der Waals surface area contributed by atoms with Crippen molar-refractivity contribution in [2.75, 3.05) is 13.2 Å². The first kappa shape index (κ1) is 8.33. The van der Waals surface area contributed by atoms with Gasteiger partial charge in [0.25, 0.3) is 0 Å². The summed E-state index contributed by atoms with van der Waals surface area (Å²) in [4.78, 5) is 0. The molecule has 1 aromatic rings. The number of rotatable bonds is 0. The molecule has 3 rings (SSSR count). The molecule has 0 aliphatic carbocycles. The van der Waals surface area contributed by atoms with Crippen molar-refractivity contribution in [3.8, 4) is 0 Å². The minimum Gasteiger partial charge on any atom is -0.377 e. The van der Waals surface area contributed by atoms with E-state index in [2.05, 4.69) is 11.4 Å². The van der Waals surface area contributed by atoms with Gasteiger partial charge in [-0.05, 0) is 35.5 Å². The maximum Gasteiger partial charge on any atom is 0.110 e. The molecule has 1 N–H and O–H groups in total. The van der Waals surface area contributed by atoms with E-state index >= 15 is 0 Å². The summed E-state index contributed by atoms with van der Waals surface area (Å²) in [5, 5.41) is 4.14. The molecular formula is C11H10ClNO. The van der Waals surface area contributed by atoms with Crippen molar-refractivity contribution >= 4 is 17.7 Å². The number of halogens is 1. The van der Waals surface area contributed by atoms with E-state index < -0.39 is 0 Å². The molecule has 0 amide bonds. The fourth-order valence-corrected chi connectivity index (χ4v) is 2.20. The summed E-state index contributed by atoms with van der Waals surface area (Å²) in [5.74, 6) is 0. The van der Waals surface area contributed by atoms with E-state index in [0.29, 0.717) is 0 Å². The zero-order valence-corrected chi connectivity index (χ0v) is 8.34. The Labute approximate surface area is 87.5 Å². The molecule has 0 aromatic heterocycles. The molecule has 2 aliphatic rings. The lowest BCUT2D eigenvalue weighted by Gasteiger charge is -2.44. The van der Waals surface area contributed by atoms with E-state index in [-0.39, 0.29) is 5.54 Å². The molecule has 14 heavy (non-hydrogen) atoms. The topological polar surface area (TPSA) is 21.3 Å². The van der Waals surface area contributed by atoms with Crippen LogP contribution in [-0.4, -0.2) is 13.2 Å².